The Morgan fingerprint density at radius 2 is 1.88 bits per heavy atom. The van der Waals surface area contributed by atoms with Gasteiger partial charge in [0.25, 0.3) is 0 Å². The Labute approximate surface area is 193 Å². The van der Waals surface area contributed by atoms with Crippen LogP contribution < -0.4 is 10.6 Å². The number of hydrogen-bond donors (Lipinski definition) is 2. The van der Waals surface area contributed by atoms with E-state index in [0.29, 0.717) is 6.61 Å². The standard InChI is InChI=1S/C27H29N3O3/c1-18-8-6-11-20-25-22(12-7-13-24(25)33-26(18)20)28-27(31)29-23-17-30(14-15-32-2)16-21(23)19-9-4-3-5-10-19/h3-13,21,23H,14-17H2,1-2H3,(H2,28,29,31)/t21-,23+/m0/s1. The van der Waals surface area contributed by atoms with Crippen molar-refractivity contribution >= 4 is 33.7 Å². The topological polar surface area (TPSA) is 66.7 Å². The normalized spacial score (nSPS) is 18.7. The molecule has 1 aliphatic rings. The smallest absolute Gasteiger partial charge is 0.319 e. The van der Waals surface area contributed by atoms with Crippen LogP contribution in [0.25, 0.3) is 21.9 Å². The molecule has 6 heteroatoms. The van der Waals surface area contributed by atoms with Crippen LogP contribution in [0.5, 0.6) is 0 Å². The third kappa shape index (κ3) is 4.32. The van der Waals surface area contributed by atoms with Crippen LogP contribution in [0.3, 0.4) is 0 Å². The van der Waals surface area contributed by atoms with Crippen LogP contribution in [0.4, 0.5) is 10.5 Å². The molecule has 2 heterocycles. The molecule has 1 aliphatic heterocycles. The Kier molecular flexibility index (Phi) is 6.03. The van der Waals surface area contributed by atoms with Crippen LogP contribution in [0, 0.1) is 6.92 Å². The Hall–Kier alpha value is -3.35. The van der Waals surface area contributed by atoms with Gasteiger partial charge in [0.15, 0.2) is 0 Å². The third-order valence-electron chi connectivity index (χ3n) is 6.52. The lowest BCUT2D eigenvalue weighted by molar-refractivity contribution is 0.159. The summed E-state index contributed by atoms with van der Waals surface area (Å²) in [5, 5.41) is 8.26. The number of benzene rings is 3. The van der Waals surface area contributed by atoms with E-state index in [4.69, 9.17) is 9.15 Å². The van der Waals surface area contributed by atoms with E-state index in [-0.39, 0.29) is 18.0 Å². The molecule has 5 rings (SSSR count). The minimum Gasteiger partial charge on any atom is -0.456 e. The number of carbonyl (C=O) groups excluding carboxylic acids is 1. The first-order valence-electron chi connectivity index (χ1n) is 11.4. The van der Waals surface area contributed by atoms with Gasteiger partial charge in [-0.05, 0) is 30.2 Å². The molecule has 2 amide bonds. The summed E-state index contributed by atoms with van der Waals surface area (Å²) in [6, 6.07) is 22.1. The Balaban J connectivity index is 1.38. The van der Waals surface area contributed by atoms with E-state index in [9.17, 15) is 4.79 Å². The SMILES string of the molecule is COCCN1C[C@@H](NC(=O)Nc2cccc3oc4c(C)cccc4c23)[C@H](c2ccccc2)C1. The lowest BCUT2D eigenvalue weighted by Crippen LogP contribution is -2.42. The molecule has 0 unspecified atom stereocenters. The van der Waals surface area contributed by atoms with Crippen molar-refractivity contribution in [2.75, 3.05) is 38.7 Å². The summed E-state index contributed by atoms with van der Waals surface area (Å²) in [7, 11) is 1.72. The Morgan fingerprint density at radius 1 is 1.06 bits per heavy atom. The predicted octanol–water partition coefficient (Wildman–Crippen LogP) is 5.13. The molecule has 170 valence electrons. The van der Waals surface area contributed by atoms with Gasteiger partial charge < -0.3 is 19.8 Å². The van der Waals surface area contributed by atoms with Crippen molar-refractivity contribution in [3.63, 3.8) is 0 Å². The van der Waals surface area contributed by atoms with Gasteiger partial charge >= 0.3 is 6.03 Å². The minimum absolute atomic E-state index is 0.00629. The fourth-order valence-electron chi connectivity index (χ4n) is 4.89. The number of urea groups is 1. The number of amides is 2. The number of rotatable bonds is 6. The number of methoxy groups -OCH3 is 1. The zero-order valence-electron chi connectivity index (χ0n) is 19.0. The van der Waals surface area contributed by atoms with Crippen LogP contribution in [0.1, 0.15) is 17.0 Å². The van der Waals surface area contributed by atoms with Gasteiger partial charge in [-0.15, -0.1) is 0 Å². The number of fused-ring (bicyclic) bond motifs is 3. The number of carbonyl (C=O) groups is 1. The molecule has 33 heavy (non-hydrogen) atoms. The monoisotopic (exact) mass is 443 g/mol. The molecule has 0 spiro atoms. The number of aryl methyl sites for hydroxylation is 1. The van der Waals surface area contributed by atoms with E-state index in [1.165, 1.54) is 5.56 Å². The summed E-state index contributed by atoms with van der Waals surface area (Å²) < 4.78 is 11.3. The first-order valence-corrected chi connectivity index (χ1v) is 11.4. The molecule has 0 radical (unpaired) electrons. The molecular formula is C27H29N3O3. The van der Waals surface area contributed by atoms with E-state index in [1.54, 1.807) is 7.11 Å². The first kappa shape index (κ1) is 21.5. The second-order valence-corrected chi connectivity index (χ2v) is 8.71. The lowest BCUT2D eigenvalue weighted by atomic mass is 9.94. The van der Waals surface area contributed by atoms with Crippen LogP contribution in [0.15, 0.2) is 71.1 Å². The van der Waals surface area contributed by atoms with E-state index >= 15 is 0 Å². The summed E-state index contributed by atoms with van der Waals surface area (Å²) in [6.45, 7) is 5.23. The lowest BCUT2D eigenvalue weighted by Gasteiger charge is -2.20. The number of hydrogen-bond acceptors (Lipinski definition) is 4. The number of furan rings is 1. The van der Waals surface area contributed by atoms with Crippen LogP contribution in [-0.4, -0.2) is 50.3 Å². The van der Waals surface area contributed by atoms with Gasteiger partial charge in [-0.3, -0.25) is 4.90 Å². The highest BCUT2D eigenvalue weighted by Gasteiger charge is 2.34. The summed E-state index contributed by atoms with van der Waals surface area (Å²) in [4.78, 5) is 15.5. The average molecular weight is 444 g/mol. The summed E-state index contributed by atoms with van der Waals surface area (Å²) in [5.41, 5.74) is 4.69. The van der Waals surface area contributed by atoms with Crippen LogP contribution >= 0.6 is 0 Å². The van der Waals surface area contributed by atoms with Crippen LogP contribution in [0.2, 0.25) is 0 Å². The fraction of sp³-hybridized carbons (Fsp3) is 0.296. The number of likely N-dealkylation sites (tertiary alicyclic amines) is 1. The number of ether oxygens (including phenoxy) is 1. The zero-order chi connectivity index (χ0) is 22.8. The van der Waals surface area contributed by atoms with Crippen molar-refractivity contribution in [3.8, 4) is 0 Å². The number of para-hydroxylation sites is 1. The number of anilines is 1. The Bertz CT molecular complexity index is 1270. The van der Waals surface area contributed by atoms with Crippen molar-refractivity contribution in [1.29, 1.82) is 0 Å². The molecule has 0 saturated carbocycles. The Morgan fingerprint density at radius 3 is 2.70 bits per heavy atom. The number of nitrogens with one attached hydrogen (secondary N) is 2. The third-order valence-corrected chi connectivity index (χ3v) is 6.52. The van der Waals surface area contributed by atoms with Crippen molar-refractivity contribution in [1.82, 2.24) is 10.2 Å². The van der Waals surface area contributed by atoms with E-state index in [2.05, 4.69) is 39.8 Å². The highest BCUT2D eigenvalue weighted by molar-refractivity contribution is 6.14. The van der Waals surface area contributed by atoms with E-state index < -0.39 is 0 Å². The summed E-state index contributed by atoms with van der Waals surface area (Å²) >= 11 is 0. The van der Waals surface area contributed by atoms with Crippen molar-refractivity contribution in [2.45, 2.75) is 18.9 Å². The van der Waals surface area contributed by atoms with E-state index in [1.807, 2.05) is 49.4 Å². The van der Waals surface area contributed by atoms with E-state index in [0.717, 1.165) is 52.8 Å². The predicted molar refractivity (Wildman–Crippen MR) is 132 cm³/mol. The second-order valence-electron chi connectivity index (χ2n) is 8.71. The molecular weight excluding hydrogens is 414 g/mol. The maximum absolute atomic E-state index is 13.1. The van der Waals surface area contributed by atoms with Gasteiger partial charge in [-0.25, -0.2) is 4.79 Å². The molecule has 0 aliphatic carbocycles. The second kappa shape index (κ2) is 9.25. The maximum Gasteiger partial charge on any atom is 0.319 e. The molecule has 1 fully saturated rings. The van der Waals surface area contributed by atoms with Crippen molar-refractivity contribution in [3.05, 3.63) is 77.9 Å². The van der Waals surface area contributed by atoms with Crippen molar-refractivity contribution in [2.24, 2.45) is 0 Å². The highest BCUT2D eigenvalue weighted by Crippen LogP contribution is 2.35. The highest BCUT2D eigenvalue weighted by atomic mass is 16.5. The van der Waals surface area contributed by atoms with Crippen LogP contribution in [-0.2, 0) is 4.74 Å². The molecule has 1 saturated heterocycles. The van der Waals surface area contributed by atoms with Crippen molar-refractivity contribution < 1.29 is 13.9 Å². The molecule has 3 aromatic carbocycles. The minimum atomic E-state index is -0.205. The molecule has 1 aromatic heterocycles. The first-order chi connectivity index (χ1) is 16.1. The largest absolute Gasteiger partial charge is 0.456 e. The molecule has 6 nitrogen and oxygen atoms in total. The molecule has 2 N–H and O–H groups in total. The van der Waals surface area contributed by atoms with Gasteiger partial charge in [0.2, 0.25) is 0 Å². The van der Waals surface area contributed by atoms with Gasteiger partial charge in [0, 0.05) is 38.0 Å². The molecule has 2 atom stereocenters. The van der Waals surface area contributed by atoms with Gasteiger partial charge in [-0.1, -0.05) is 54.6 Å². The summed E-state index contributed by atoms with van der Waals surface area (Å²) in [5.74, 6) is 0.224. The maximum atomic E-state index is 13.1. The zero-order valence-corrected chi connectivity index (χ0v) is 19.0. The molecule has 4 aromatic rings. The fourth-order valence-corrected chi connectivity index (χ4v) is 4.89. The van der Waals surface area contributed by atoms with Gasteiger partial charge in [0.1, 0.15) is 11.2 Å². The van der Waals surface area contributed by atoms with Gasteiger partial charge in [-0.2, -0.15) is 0 Å². The number of nitrogens with zero attached hydrogens (tertiary/aromatic N) is 1. The quantitative estimate of drug-likeness (QED) is 0.434. The molecule has 0 bridgehead atoms. The average Bonchev–Trinajstić information content (AvgIpc) is 3.41. The summed E-state index contributed by atoms with van der Waals surface area (Å²) in [6.07, 6.45) is 0. The van der Waals surface area contributed by atoms with Gasteiger partial charge in [0.05, 0.1) is 23.7 Å².